The number of aromatic amines is 1. The third kappa shape index (κ3) is 6.44. The Morgan fingerprint density at radius 3 is 2.56 bits per heavy atom. The van der Waals surface area contributed by atoms with E-state index in [2.05, 4.69) is 10.3 Å². The van der Waals surface area contributed by atoms with E-state index in [-0.39, 0.29) is 41.8 Å². The Hall–Kier alpha value is -4.15. The summed E-state index contributed by atoms with van der Waals surface area (Å²) in [6.45, 7) is 9.45. The number of H-pyrrole nitrogens is 1. The molecular formula is C30H37FN6O4. The van der Waals surface area contributed by atoms with Gasteiger partial charge < -0.3 is 24.8 Å². The molecule has 218 valence electrons. The van der Waals surface area contributed by atoms with Crippen LogP contribution in [0.4, 0.5) is 9.18 Å². The van der Waals surface area contributed by atoms with Gasteiger partial charge in [-0.05, 0) is 63.4 Å². The molecule has 0 spiro atoms. The highest BCUT2D eigenvalue weighted by Crippen LogP contribution is 2.32. The fourth-order valence-electron chi connectivity index (χ4n) is 5.59. The standard InChI is InChI=1S/C30H37FN6O4/c1-19-15-36(28(39)24-8-5-13-32-24)18-23-25(34-37(26(19)23)16-20-9-11-21(31)12-10-20)27(38)33-22-7-6-14-35(17-22)29(40)41-30(2,3)4/h5,8-13,19,22,32H,6-7,14-18H2,1-4H3,(H,33,38). The minimum absolute atomic E-state index is 0.0931. The average molecular weight is 565 g/mol. The first-order valence-corrected chi connectivity index (χ1v) is 14.0. The zero-order valence-electron chi connectivity index (χ0n) is 23.9. The highest BCUT2D eigenvalue weighted by molar-refractivity contribution is 5.96. The van der Waals surface area contributed by atoms with Crippen LogP contribution in [0.3, 0.4) is 0 Å². The van der Waals surface area contributed by atoms with Crippen LogP contribution in [-0.4, -0.2) is 73.7 Å². The summed E-state index contributed by atoms with van der Waals surface area (Å²) >= 11 is 0. The zero-order chi connectivity index (χ0) is 29.3. The lowest BCUT2D eigenvalue weighted by Crippen LogP contribution is -2.51. The summed E-state index contributed by atoms with van der Waals surface area (Å²) in [5.41, 5.74) is 2.56. The molecule has 5 rings (SSSR count). The predicted molar refractivity (Wildman–Crippen MR) is 150 cm³/mol. The molecule has 2 N–H and O–H groups in total. The highest BCUT2D eigenvalue weighted by atomic mass is 19.1. The second-order valence-electron chi connectivity index (χ2n) is 11.9. The quantitative estimate of drug-likeness (QED) is 0.480. The second kappa shape index (κ2) is 11.4. The van der Waals surface area contributed by atoms with Crippen molar-refractivity contribution in [1.82, 2.24) is 29.9 Å². The molecule has 1 saturated heterocycles. The van der Waals surface area contributed by atoms with Gasteiger partial charge in [-0.3, -0.25) is 14.3 Å². The number of benzene rings is 1. The summed E-state index contributed by atoms with van der Waals surface area (Å²) in [4.78, 5) is 45.9. The van der Waals surface area contributed by atoms with Gasteiger partial charge in [-0.2, -0.15) is 5.10 Å². The predicted octanol–water partition coefficient (Wildman–Crippen LogP) is 4.29. The van der Waals surface area contributed by atoms with Crippen LogP contribution in [0, 0.1) is 5.82 Å². The van der Waals surface area contributed by atoms with E-state index in [4.69, 9.17) is 9.84 Å². The Labute approximate surface area is 238 Å². The first-order chi connectivity index (χ1) is 19.5. The van der Waals surface area contributed by atoms with Gasteiger partial charge in [0.2, 0.25) is 0 Å². The molecule has 0 radical (unpaired) electrons. The zero-order valence-corrected chi connectivity index (χ0v) is 23.9. The van der Waals surface area contributed by atoms with Crippen LogP contribution in [0.1, 0.15) is 84.3 Å². The van der Waals surface area contributed by atoms with Crippen molar-refractivity contribution in [2.75, 3.05) is 19.6 Å². The molecule has 0 bridgehead atoms. The maximum atomic E-state index is 13.7. The van der Waals surface area contributed by atoms with Crippen LogP contribution in [0.15, 0.2) is 42.6 Å². The van der Waals surface area contributed by atoms with Crippen LogP contribution in [0.5, 0.6) is 0 Å². The monoisotopic (exact) mass is 564 g/mol. The van der Waals surface area contributed by atoms with Gasteiger partial charge in [-0.25, -0.2) is 9.18 Å². The van der Waals surface area contributed by atoms with E-state index in [1.165, 1.54) is 12.1 Å². The van der Waals surface area contributed by atoms with Crippen molar-refractivity contribution in [1.29, 1.82) is 0 Å². The van der Waals surface area contributed by atoms with Crippen molar-refractivity contribution < 1.29 is 23.5 Å². The van der Waals surface area contributed by atoms with Crippen molar-refractivity contribution in [3.8, 4) is 0 Å². The molecule has 3 amide bonds. The smallest absolute Gasteiger partial charge is 0.410 e. The summed E-state index contributed by atoms with van der Waals surface area (Å²) in [5, 5.41) is 7.83. The highest BCUT2D eigenvalue weighted by Gasteiger charge is 2.36. The summed E-state index contributed by atoms with van der Waals surface area (Å²) in [6, 6.07) is 9.44. The molecule has 2 unspecified atom stereocenters. The number of amides is 3. The Bertz CT molecular complexity index is 1410. The van der Waals surface area contributed by atoms with E-state index in [9.17, 15) is 18.8 Å². The van der Waals surface area contributed by atoms with E-state index >= 15 is 0 Å². The van der Waals surface area contributed by atoms with E-state index in [0.717, 1.165) is 24.1 Å². The summed E-state index contributed by atoms with van der Waals surface area (Å²) in [5.74, 6) is -0.914. The molecule has 41 heavy (non-hydrogen) atoms. The summed E-state index contributed by atoms with van der Waals surface area (Å²) in [6.07, 6.45) is 2.76. The molecule has 0 aliphatic carbocycles. The Morgan fingerprint density at radius 1 is 1.12 bits per heavy atom. The van der Waals surface area contributed by atoms with Gasteiger partial charge in [0.1, 0.15) is 17.1 Å². The number of hydrogen-bond acceptors (Lipinski definition) is 5. The lowest BCUT2D eigenvalue weighted by atomic mass is 9.95. The molecule has 2 aromatic heterocycles. The third-order valence-corrected chi connectivity index (χ3v) is 7.39. The van der Waals surface area contributed by atoms with Gasteiger partial charge in [0.05, 0.1) is 13.1 Å². The number of nitrogens with one attached hydrogen (secondary N) is 2. The van der Waals surface area contributed by atoms with E-state index in [0.29, 0.717) is 37.4 Å². The summed E-state index contributed by atoms with van der Waals surface area (Å²) < 4.78 is 20.9. The third-order valence-electron chi connectivity index (χ3n) is 7.39. The molecule has 1 aromatic carbocycles. The molecule has 3 aromatic rings. The Morgan fingerprint density at radius 2 is 1.88 bits per heavy atom. The van der Waals surface area contributed by atoms with Crippen molar-refractivity contribution in [2.45, 2.75) is 71.2 Å². The van der Waals surface area contributed by atoms with Crippen LogP contribution in [0.25, 0.3) is 0 Å². The molecule has 2 atom stereocenters. The lowest BCUT2D eigenvalue weighted by molar-refractivity contribution is 0.0185. The molecule has 11 heteroatoms. The number of rotatable bonds is 5. The van der Waals surface area contributed by atoms with Crippen molar-refractivity contribution in [3.05, 3.63) is 76.6 Å². The second-order valence-corrected chi connectivity index (χ2v) is 11.9. The molecular weight excluding hydrogens is 527 g/mol. The SMILES string of the molecule is CC1CN(C(=O)c2ccc[nH]2)Cc2c(C(=O)NC3CCCN(C(=O)OC(C)(C)C)C3)nn(Cc3ccc(F)cc3)c21. The minimum atomic E-state index is -0.607. The van der Waals surface area contributed by atoms with Crippen molar-refractivity contribution >= 4 is 17.9 Å². The number of carbonyl (C=O) groups excluding carboxylic acids is 3. The normalized spacial score (nSPS) is 19.0. The van der Waals surface area contributed by atoms with Gasteiger partial charge in [-0.15, -0.1) is 0 Å². The molecule has 0 saturated carbocycles. The Balaban J connectivity index is 1.40. The van der Waals surface area contributed by atoms with Gasteiger partial charge >= 0.3 is 6.09 Å². The van der Waals surface area contributed by atoms with Crippen LogP contribution in [-0.2, 0) is 17.8 Å². The van der Waals surface area contributed by atoms with Gasteiger partial charge in [-0.1, -0.05) is 19.1 Å². The number of aromatic nitrogens is 3. The van der Waals surface area contributed by atoms with Gasteiger partial charge in [0, 0.05) is 49.0 Å². The lowest BCUT2D eigenvalue weighted by Gasteiger charge is -2.34. The van der Waals surface area contributed by atoms with Crippen molar-refractivity contribution in [3.63, 3.8) is 0 Å². The molecule has 1 fully saturated rings. The topological polar surface area (TPSA) is 113 Å². The number of fused-ring (bicyclic) bond motifs is 1. The Kier molecular flexibility index (Phi) is 7.88. The maximum absolute atomic E-state index is 13.7. The molecule has 10 nitrogen and oxygen atoms in total. The van der Waals surface area contributed by atoms with Crippen LogP contribution >= 0.6 is 0 Å². The number of halogens is 1. The first-order valence-electron chi connectivity index (χ1n) is 14.0. The molecule has 2 aliphatic heterocycles. The van der Waals surface area contributed by atoms with E-state index in [1.54, 1.807) is 44.9 Å². The van der Waals surface area contributed by atoms with Crippen LogP contribution < -0.4 is 5.32 Å². The fourth-order valence-corrected chi connectivity index (χ4v) is 5.59. The number of likely N-dealkylation sites (tertiary alicyclic amines) is 1. The van der Waals surface area contributed by atoms with Crippen molar-refractivity contribution in [2.24, 2.45) is 0 Å². The largest absolute Gasteiger partial charge is 0.444 e. The number of carbonyl (C=O) groups is 3. The number of ether oxygens (including phenoxy) is 1. The maximum Gasteiger partial charge on any atom is 0.410 e. The van der Waals surface area contributed by atoms with E-state index < -0.39 is 11.7 Å². The first kappa shape index (κ1) is 28.4. The molecule has 2 aliphatic rings. The minimum Gasteiger partial charge on any atom is -0.444 e. The van der Waals surface area contributed by atoms with Gasteiger partial charge in [0.15, 0.2) is 5.69 Å². The number of piperidine rings is 1. The van der Waals surface area contributed by atoms with Crippen LogP contribution in [0.2, 0.25) is 0 Å². The number of hydrogen-bond donors (Lipinski definition) is 2. The van der Waals surface area contributed by atoms with E-state index in [1.807, 2.05) is 27.7 Å². The fraction of sp³-hybridized carbons (Fsp3) is 0.467. The average Bonchev–Trinajstić information content (AvgIpc) is 3.58. The van der Waals surface area contributed by atoms with Gasteiger partial charge in [0.25, 0.3) is 11.8 Å². The number of nitrogens with zero attached hydrogens (tertiary/aromatic N) is 4. The summed E-state index contributed by atoms with van der Waals surface area (Å²) in [7, 11) is 0. The molecule has 4 heterocycles.